The Balaban J connectivity index is 1.78. The zero-order valence-corrected chi connectivity index (χ0v) is 17.9. The van der Waals surface area contributed by atoms with Gasteiger partial charge in [-0.3, -0.25) is 4.79 Å². The van der Waals surface area contributed by atoms with Crippen molar-refractivity contribution in [2.75, 3.05) is 5.32 Å². The number of nitrogens with one attached hydrogen (secondary N) is 1. The fraction of sp³-hybridized carbons (Fsp3) is 0. The number of fused-ring (bicyclic) bond motifs is 1. The molecule has 0 aliphatic heterocycles. The molecule has 3 aromatic carbocycles. The van der Waals surface area contributed by atoms with Gasteiger partial charge in [0.15, 0.2) is 0 Å². The van der Waals surface area contributed by atoms with Crippen LogP contribution in [-0.2, 0) is 10.0 Å². The number of hydrogen-bond acceptors (Lipinski definition) is 5. The number of carboxylic acid groups (broad SMARTS) is 1. The monoisotopic (exact) mass is 466 g/mol. The maximum Gasteiger partial charge on any atom is 0.335 e. The average molecular weight is 467 g/mol. The summed E-state index contributed by atoms with van der Waals surface area (Å²) in [5, 5.41) is 12.5. The van der Waals surface area contributed by atoms with Crippen molar-refractivity contribution < 1.29 is 23.1 Å². The number of halogens is 1. The first-order valence-electron chi connectivity index (χ1n) is 9.31. The number of Topliss-reactive ketones (excluding diaryl/α,β-unsaturated/α-hetero) is 1. The van der Waals surface area contributed by atoms with Crippen LogP contribution in [0.15, 0.2) is 93.9 Å². The summed E-state index contributed by atoms with van der Waals surface area (Å²) >= 11 is 5.90. The molecule has 32 heavy (non-hydrogen) atoms. The summed E-state index contributed by atoms with van der Waals surface area (Å²) in [5.74, 6) is -1.47. The summed E-state index contributed by atoms with van der Waals surface area (Å²) in [6.07, 6.45) is 1.38. The average Bonchev–Trinajstić information content (AvgIpc) is 2.78. The zero-order chi connectivity index (χ0) is 22.9. The van der Waals surface area contributed by atoms with Crippen LogP contribution in [0.3, 0.4) is 0 Å². The van der Waals surface area contributed by atoms with Crippen molar-refractivity contribution in [3.8, 4) is 0 Å². The minimum absolute atomic E-state index is 0.0421. The van der Waals surface area contributed by atoms with E-state index < -0.39 is 16.0 Å². The zero-order valence-electron chi connectivity index (χ0n) is 16.3. The fourth-order valence-electron chi connectivity index (χ4n) is 3.14. The van der Waals surface area contributed by atoms with Gasteiger partial charge in [0.25, 0.3) is 10.0 Å². The van der Waals surface area contributed by atoms with Crippen LogP contribution in [0.5, 0.6) is 0 Å². The van der Waals surface area contributed by atoms with E-state index in [4.69, 9.17) is 16.7 Å². The van der Waals surface area contributed by atoms with Crippen molar-refractivity contribution in [3.05, 3.63) is 106 Å². The van der Waals surface area contributed by atoms with Gasteiger partial charge in [-0.1, -0.05) is 35.9 Å². The molecule has 3 aromatic rings. The third-order valence-electron chi connectivity index (χ3n) is 4.71. The van der Waals surface area contributed by atoms with E-state index in [1.165, 1.54) is 30.3 Å². The Kier molecular flexibility index (Phi) is 5.65. The Morgan fingerprint density at radius 1 is 0.906 bits per heavy atom. The molecule has 0 heterocycles. The minimum Gasteiger partial charge on any atom is -0.478 e. The molecular weight excluding hydrogens is 452 g/mol. The second-order valence-electron chi connectivity index (χ2n) is 6.85. The van der Waals surface area contributed by atoms with Gasteiger partial charge >= 0.3 is 5.97 Å². The highest BCUT2D eigenvalue weighted by atomic mass is 35.5. The molecule has 2 N–H and O–H groups in total. The van der Waals surface area contributed by atoms with Crippen LogP contribution in [0.4, 0.5) is 5.69 Å². The molecular formula is C23H15ClN2O5S. The van der Waals surface area contributed by atoms with E-state index in [2.05, 4.69) is 9.71 Å². The number of anilines is 1. The number of carbonyl (C=O) groups excluding carboxylic acids is 1. The lowest BCUT2D eigenvalue weighted by molar-refractivity contribution is 0.0696. The van der Waals surface area contributed by atoms with E-state index in [0.717, 1.165) is 0 Å². The third-order valence-corrected chi connectivity index (χ3v) is 6.27. The van der Waals surface area contributed by atoms with Gasteiger partial charge in [-0.25, -0.2) is 4.79 Å². The number of aromatic carboxylic acids is 1. The molecule has 7 nitrogen and oxygen atoms in total. The van der Waals surface area contributed by atoms with Gasteiger partial charge in [-0.2, -0.15) is 12.8 Å². The number of benzene rings is 3. The maximum atomic E-state index is 13.0. The van der Waals surface area contributed by atoms with Crippen molar-refractivity contribution in [1.82, 2.24) is 0 Å². The van der Waals surface area contributed by atoms with E-state index in [-0.39, 0.29) is 27.7 Å². The van der Waals surface area contributed by atoms with E-state index in [1.54, 1.807) is 48.5 Å². The number of carbonyl (C=O) groups is 2. The van der Waals surface area contributed by atoms with Crippen LogP contribution < -0.4 is 5.32 Å². The lowest BCUT2D eigenvalue weighted by Gasteiger charge is -2.18. The van der Waals surface area contributed by atoms with Crippen LogP contribution in [0, 0.1) is 0 Å². The van der Waals surface area contributed by atoms with Crippen molar-refractivity contribution in [2.24, 2.45) is 4.40 Å². The SMILES string of the molecule is O=C(O)c1ccc(S(=O)(=O)N=C2C=C(Nc3ccc(Cl)cc3)C(=O)c3ccccc32)cc1. The number of sulfonamides is 1. The van der Waals surface area contributed by atoms with Gasteiger partial charge in [0.1, 0.15) is 0 Å². The lowest BCUT2D eigenvalue weighted by Crippen LogP contribution is -2.22. The Morgan fingerprint density at radius 3 is 2.16 bits per heavy atom. The maximum absolute atomic E-state index is 13.0. The molecule has 9 heteroatoms. The van der Waals surface area contributed by atoms with Gasteiger partial charge in [-0.15, -0.1) is 0 Å². The Hall–Kier alpha value is -3.75. The molecule has 1 aliphatic carbocycles. The molecule has 0 saturated heterocycles. The Morgan fingerprint density at radius 2 is 1.53 bits per heavy atom. The highest BCUT2D eigenvalue weighted by molar-refractivity contribution is 7.90. The first kappa shape index (κ1) is 21.5. The van der Waals surface area contributed by atoms with Gasteiger partial charge in [0, 0.05) is 21.8 Å². The number of allylic oxidation sites excluding steroid dienone is 2. The molecule has 0 atom stereocenters. The molecule has 160 valence electrons. The molecule has 0 bridgehead atoms. The molecule has 0 aromatic heterocycles. The number of hydrogen-bond donors (Lipinski definition) is 2. The van der Waals surface area contributed by atoms with Crippen LogP contribution in [-0.4, -0.2) is 31.0 Å². The van der Waals surface area contributed by atoms with E-state index in [9.17, 15) is 18.0 Å². The number of carboxylic acids is 1. The molecule has 4 rings (SSSR count). The number of ketones is 1. The largest absolute Gasteiger partial charge is 0.478 e. The summed E-state index contributed by atoms with van der Waals surface area (Å²) < 4.78 is 29.7. The fourth-order valence-corrected chi connectivity index (χ4v) is 4.26. The minimum atomic E-state index is -4.17. The molecule has 0 unspecified atom stereocenters. The third kappa shape index (κ3) is 4.32. The smallest absolute Gasteiger partial charge is 0.335 e. The van der Waals surface area contributed by atoms with Crippen LogP contribution in [0.2, 0.25) is 5.02 Å². The highest BCUT2D eigenvalue weighted by Gasteiger charge is 2.26. The number of rotatable bonds is 5. The molecule has 0 spiro atoms. The van der Waals surface area contributed by atoms with Crippen molar-refractivity contribution in [3.63, 3.8) is 0 Å². The highest BCUT2D eigenvalue weighted by Crippen LogP contribution is 2.25. The summed E-state index contributed by atoms with van der Waals surface area (Å²) in [7, 11) is -4.17. The molecule has 0 amide bonds. The predicted molar refractivity (Wildman–Crippen MR) is 121 cm³/mol. The summed E-state index contributed by atoms with van der Waals surface area (Å²) in [4.78, 5) is 23.8. The summed E-state index contributed by atoms with van der Waals surface area (Å²) in [6.45, 7) is 0. The van der Waals surface area contributed by atoms with Gasteiger partial charge in [-0.05, 0) is 54.6 Å². The second-order valence-corrected chi connectivity index (χ2v) is 8.89. The molecule has 0 radical (unpaired) electrons. The predicted octanol–water partition coefficient (Wildman–Crippen LogP) is 4.41. The molecule has 1 aliphatic rings. The van der Waals surface area contributed by atoms with E-state index in [0.29, 0.717) is 21.8 Å². The Bertz CT molecular complexity index is 1390. The topological polar surface area (TPSA) is 113 Å². The summed E-state index contributed by atoms with van der Waals surface area (Å²) in [6, 6.07) is 18.0. The first-order valence-corrected chi connectivity index (χ1v) is 11.1. The second kappa shape index (κ2) is 8.41. The van der Waals surface area contributed by atoms with Gasteiger partial charge in [0.2, 0.25) is 5.78 Å². The van der Waals surface area contributed by atoms with Crippen molar-refractivity contribution in [2.45, 2.75) is 4.90 Å². The number of nitrogens with zero attached hydrogens (tertiary/aromatic N) is 1. The van der Waals surface area contributed by atoms with Crippen molar-refractivity contribution >= 4 is 44.8 Å². The molecule has 0 fully saturated rings. The molecule has 0 saturated carbocycles. The van der Waals surface area contributed by atoms with E-state index >= 15 is 0 Å². The standard InChI is InChI=1S/C23H15ClN2O5S/c24-15-7-9-16(10-8-15)25-21-13-20(18-3-1-2-4-19(18)22(21)27)26-32(30,31)17-11-5-14(6-12-17)23(28)29/h1-13,25H,(H,28,29). The quantitative estimate of drug-likeness (QED) is 0.576. The van der Waals surface area contributed by atoms with Gasteiger partial charge < -0.3 is 10.4 Å². The van der Waals surface area contributed by atoms with Crippen LogP contribution in [0.25, 0.3) is 0 Å². The Labute approximate surface area is 188 Å². The van der Waals surface area contributed by atoms with Crippen molar-refractivity contribution in [1.29, 1.82) is 0 Å². The van der Waals surface area contributed by atoms with Gasteiger partial charge in [0.05, 0.1) is 21.9 Å². The van der Waals surface area contributed by atoms with E-state index in [1.807, 2.05) is 0 Å². The first-order chi connectivity index (χ1) is 15.2. The normalized spacial score (nSPS) is 14.6. The lowest BCUT2D eigenvalue weighted by atomic mass is 9.92. The van der Waals surface area contributed by atoms with Crippen LogP contribution in [0.1, 0.15) is 26.3 Å². The van der Waals surface area contributed by atoms with Crippen LogP contribution >= 0.6 is 11.6 Å². The summed E-state index contributed by atoms with van der Waals surface area (Å²) in [5.41, 5.74) is 1.48.